The number of carbonyl (C=O) groups is 3. The van der Waals surface area contributed by atoms with E-state index in [0.717, 1.165) is 35.4 Å². The van der Waals surface area contributed by atoms with Gasteiger partial charge in [0, 0.05) is 47.7 Å². The fourth-order valence-electron chi connectivity index (χ4n) is 6.49. The summed E-state index contributed by atoms with van der Waals surface area (Å²) in [4.78, 5) is 45.9. The Labute approximate surface area is 367 Å². The molecule has 2 heterocycles. The number of ketones is 1. The molecular formula is C42H29Cl4F8N3O5. The minimum Gasteiger partial charge on any atom is -0.374 e. The highest BCUT2D eigenvalue weighted by atomic mass is 35.5. The summed E-state index contributed by atoms with van der Waals surface area (Å²) in [6.45, 7) is 10.1. The number of allylic oxidation sites excluding steroid dienone is 1. The van der Waals surface area contributed by atoms with Crippen molar-refractivity contribution in [2.45, 2.75) is 56.7 Å². The van der Waals surface area contributed by atoms with Crippen molar-refractivity contribution in [1.29, 1.82) is 0 Å². The van der Waals surface area contributed by atoms with Gasteiger partial charge in [-0.1, -0.05) is 87.6 Å². The molecule has 2 aliphatic rings. The molecule has 8 nitrogen and oxygen atoms in total. The van der Waals surface area contributed by atoms with Crippen LogP contribution < -0.4 is 0 Å². The predicted molar refractivity (Wildman–Crippen MR) is 217 cm³/mol. The van der Waals surface area contributed by atoms with Gasteiger partial charge >= 0.3 is 12.4 Å². The molecule has 0 radical (unpaired) electrons. The Bertz CT molecular complexity index is 2510. The van der Waals surface area contributed by atoms with Gasteiger partial charge in [0.05, 0.1) is 31.5 Å². The van der Waals surface area contributed by atoms with Gasteiger partial charge in [0.1, 0.15) is 0 Å². The third-order valence-electron chi connectivity index (χ3n) is 9.80. The summed E-state index contributed by atoms with van der Waals surface area (Å²) in [6.07, 6.45) is -8.31. The summed E-state index contributed by atoms with van der Waals surface area (Å²) in [5.74, 6) is -2.87. The van der Waals surface area contributed by atoms with Gasteiger partial charge in [0.25, 0.3) is 17.1 Å². The molecule has 4 aromatic carbocycles. The molecule has 62 heavy (non-hydrogen) atoms. The molecule has 0 N–H and O–H groups in total. The molecule has 326 valence electrons. The highest BCUT2D eigenvalue weighted by Gasteiger charge is 2.63. The molecule has 0 bridgehead atoms. The second kappa shape index (κ2) is 18.2. The van der Waals surface area contributed by atoms with Crippen molar-refractivity contribution in [3.8, 4) is 0 Å². The largest absolute Gasteiger partial charge is 0.435 e. The predicted octanol–water partition coefficient (Wildman–Crippen LogP) is 12.5. The van der Waals surface area contributed by atoms with Crippen LogP contribution in [-0.4, -0.2) is 46.8 Å². The minimum absolute atomic E-state index is 0.0229. The number of hydrogen-bond acceptors (Lipinski definition) is 7. The van der Waals surface area contributed by atoms with Crippen molar-refractivity contribution in [3.63, 3.8) is 0 Å². The summed E-state index contributed by atoms with van der Waals surface area (Å²) in [6, 6.07) is 12.0. The van der Waals surface area contributed by atoms with E-state index in [-0.39, 0.29) is 41.2 Å². The molecule has 0 spiro atoms. The zero-order valence-corrected chi connectivity index (χ0v) is 35.0. The van der Waals surface area contributed by atoms with Crippen molar-refractivity contribution in [2.24, 2.45) is 10.3 Å². The lowest BCUT2D eigenvalue weighted by atomic mass is 9.86. The summed E-state index contributed by atoms with van der Waals surface area (Å²) in [5, 5.41) is 4.98. The molecule has 2 aliphatic heterocycles. The first-order chi connectivity index (χ1) is 28.9. The van der Waals surface area contributed by atoms with E-state index in [4.69, 9.17) is 56.1 Å². The Morgan fingerprint density at radius 1 is 0.710 bits per heavy atom. The number of rotatable bonds is 10. The molecule has 0 saturated heterocycles. The smallest absolute Gasteiger partial charge is 0.374 e. The van der Waals surface area contributed by atoms with Crippen LogP contribution in [0.1, 0.15) is 73.4 Å². The molecule has 0 saturated carbocycles. The Balaban J connectivity index is 0.000000235. The van der Waals surface area contributed by atoms with E-state index in [0.29, 0.717) is 22.3 Å². The van der Waals surface area contributed by atoms with Crippen molar-refractivity contribution in [3.05, 3.63) is 162 Å². The molecule has 2 atom stereocenters. The van der Waals surface area contributed by atoms with Gasteiger partial charge in [-0.3, -0.25) is 19.3 Å². The van der Waals surface area contributed by atoms with Crippen LogP contribution in [0, 0.1) is 25.5 Å². The van der Waals surface area contributed by atoms with Gasteiger partial charge in [-0.2, -0.15) is 26.3 Å². The lowest BCUT2D eigenvalue weighted by Gasteiger charge is -2.29. The summed E-state index contributed by atoms with van der Waals surface area (Å²) >= 11 is 22.8. The monoisotopic (exact) mass is 947 g/mol. The zero-order valence-electron chi connectivity index (χ0n) is 32.0. The van der Waals surface area contributed by atoms with Gasteiger partial charge in [-0.15, -0.1) is 6.58 Å². The number of amides is 2. The quantitative estimate of drug-likeness (QED) is 0.0518. The maximum Gasteiger partial charge on any atom is 0.435 e. The second-order valence-corrected chi connectivity index (χ2v) is 15.4. The number of alkyl halides is 6. The van der Waals surface area contributed by atoms with E-state index < -0.39 is 85.2 Å². The number of benzene rings is 4. The number of nitrogens with zero attached hydrogens (tertiary/aromatic N) is 3. The molecule has 0 unspecified atom stereocenters. The average molecular weight is 950 g/mol. The van der Waals surface area contributed by atoms with Crippen molar-refractivity contribution >= 4 is 75.9 Å². The minimum atomic E-state index is -4.94. The molecule has 6 rings (SSSR count). The normalized spacial score (nSPS) is 18.4. The van der Waals surface area contributed by atoms with Crippen LogP contribution in [0.3, 0.4) is 0 Å². The van der Waals surface area contributed by atoms with E-state index >= 15 is 0 Å². The van der Waals surface area contributed by atoms with Crippen LogP contribution in [0.5, 0.6) is 0 Å². The topological polar surface area (TPSA) is 97.6 Å². The number of oxime groups is 2. The molecule has 0 fully saturated rings. The van der Waals surface area contributed by atoms with Crippen molar-refractivity contribution < 1.29 is 59.2 Å². The standard InChI is InChI=1S/C21H14Cl2F4N2O3.C21H15Cl2F4NO2/c1-3-29(10-30)19(31)14-5-4-12(6-11(14)2)17-9-20(32-28-17,21(25,26)27)13-7-15(22)18(24)16(23)8-13;1-3-4-18(29)14-6-5-12(7-11(14)2)17-10-20(30-28-17,21(25,26)27)13-8-15(22)19(24)16(23)9-13/h3-8,10H,1,9H2,2H3;3,5-9H,1,4,10H2,2H3/t2*20-/m00/s1. The third kappa shape index (κ3) is 9.10. The van der Waals surface area contributed by atoms with Gasteiger partial charge in [-0.05, 0) is 78.6 Å². The molecule has 4 aromatic rings. The Kier molecular flexibility index (Phi) is 14.0. The number of halogens is 12. The first-order valence-corrected chi connectivity index (χ1v) is 19.2. The van der Waals surface area contributed by atoms with Crippen molar-refractivity contribution in [2.75, 3.05) is 0 Å². The molecule has 0 aliphatic carbocycles. The van der Waals surface area contributed by atoms with E-state index in [1.807, 2.05) is 0 Å². The van der Waals surface area contributed by atoms with Crippen LogP contribution in [0.15, 0.2) is 96.4 Å². The van der Waals surface area contributed by atoms with E-state index in [1.165, 1.54) is 36.4 Å². The second-order valence-electron chi connectivity index (χ2n) is 13.7. The van der Waals surface area contributed by atoms with E-state index in [1.54, 1.807) is 19.9 Å². The highest BCUT2D eigenvalue weighted by molar-refractivity contribution is 6.35. The number of carbonyl (C=O) groups excluding carboxylic acids is 3. The lowest BCUT2D eigenvalue weighted by molar-refractivity contribution is -0.276. The molecule has 2 amide bonds. The number of hydrogen-bond donors (Lipinski definition) is 0. The van der Waals surface area contributed by atoms with Crippen LogP contribution in [0.2, 0.25) is 20.1 Å². The Morgan fingerprint density at radius 3 is 1.42 bits per heavy atom. The summed E-state index contributed by atoms with van der Waals surface area (Å²) < 4.78 is 112. The van der Waals surface area contributed by atoms with Gasteiger partial charge in [0.15, 0.2) is 17.4 Å². The number of Topliss-reactive ketones (excluding diaryl/α,β-unsaturated/α-hetero) is 1. The van der Waals surface area contributed by atoms with Crippen LogP contribution in [-0.2, 0) is 25.7 Å². The maximum absolute atomic E-state index is 14.1. The average Bonchev–Trinajstić information content (AvgIpc) is 3.88. The van der Waals surface area contributed by atoms with Crippen molar-refractivity contribution in [1.82, 2.24) is 4.90 Å². The van der Waals surface area contributed by atoms with Crippen LogP contribution in [0.25, 0.3) is 0 Å². The first-order valence-electron chi connectivity index (χ1n) is 17.7. The van der Waals surface area contributed by atoms with E-state index in [2.05, 4.69) is 23.5 Å². The number of aryl methyl sites for hydroxylation is 2. The van der Waals surface area contributed by atoms with Gasteiger partial charge < -0.3 is 9.68 Å². The Morgan fingerprint density at radius 2 is 1.10 bits per heavy atom. The fourth-order valence-corrected chi connectivity index (χ4v) is 7.46. The fraction of sp³-hybridized carbons (Fsp3) is 0.214. The molecule has 0 aromatic heterocycles. The summed E-state index contributed by atoms with van der Waals surface area (Å²) in [7, 11) is 0. The maximum atomic E-state index is 14.1. The van der Waals surface area contributed by atoms with Crippen LogP contribution >= 0.6 is 46.4 Å². The van der Waals surface area contributed by atoms with Gasteiger partial charge in [0.2, 0.25) is 6.41 Å². The molecule has 20 heteroatoms. The van der Waals surface area contributed by atoms with E-state index in [9.17, 15) is 49.5 Å². The highest BCUT2D eigenvalue weighted by Crippen LogP contribution is 2.51. The third-order valence-corrected chi connectivity index (χ3v) is 10.9. The van der Waals surface area contributed by atoms with Gasteiger partial charge in [-0.25, -0.2) is 8.78 Å². The number of imide groups is 1. The van der Waals surface area contributed by atoms with Crippen LogP contribution in [0.4, 0.5) is 35.1 Å². The molecular weight excluding hydrogens is 920 g/mol. The lowest BCUT2D eigenvalue weighted by Crippen LogP contribution is -2.42. The summed E-state index contributed by atoms with van der Waals surface area (Å²) in [5.41, 5.74) is -4.59. The Hall–Kier alpha value is -5.29. The zero-order chi connectivity index (χ0) is 46.1. The SMILES string of the molecule is C=CCC(=O)c1ccc(C2=NO[C@@](c3cc(Cl)c(F)c(Cl)c3)(C(F)(F)F)C2)cc1C.C=CN(C=O)C(=O)c1ccc(C2=NO[C@@](c3cc(Cl)c(F)c(Cl)c3)(C(F)(F)F)C2)cc1C. The first kappa shape index (κ1) is 47.8.